The number of anilines is 1. The molecular formula is C29H43N8O5P3. The highest BCUT2D eigenvalue weighted by Crippen LogP contribution is 2.83. The SMILES string of the molecule is c1ccc(N2Cc3ccccc3OP23=NP(N2CCOCC2)(N2CCOCC2)=NP(N2CCOCC2)(N2CCOCC2)=N3)cc1. The molecule has 6 heterocycles. The third-order valence-electron chi connectivity index (χ3n) is 9.06. The molecule has 0 aliphatic carbocycles. The number of hydrogen-bond donors (Lipinski definition) is 0. The zero-order valence-corrected chi connectivity index (χ0v) is 28.4. The van der Waals surface area contributed by atoms with E-state index in [0.29, 0.717) is 59.4 Å². The number of rotatable bonds is 5. The second kappa shape index (κ2) is 13.1. The molecule has 0 aromatic heterocycles. The van der Waals surface area contributed by atoms with Crippen LogP contribution in [-0.2, 0) is 25.5 Å². The molecule has 16 heteroatoms. The Labute approximate surface area is 266 Å². The second-order valence-corrected chi connectivity index (χ2v) is 20.0. The van der Waals surface area contributed by atoms with Crippen LogP contribution in [0.1, 0.15) is 5.56 Å². The van der Waals surface area contributed by atoms with Crippen LogP contribution in [0.5, 0.6) is 5.75 Å². The smallest absolute Gasteiger partial charge is 0.361 e. The lowest BCUT2D eigenvalue weighted by atomic mass is 10.2. The summed E-state index contributed by atoms with van der Waals surface area (Å²) in [5, 5.41) is 0. The molecule has 0 radical (unpaired) electrons. The van der Waals surface area contributed by atoms with E-state index in [4.69, 9.17) is 37.0 Å². The van der Waals surface area contributed by atoms with Crippen LogP contribution in [0.4, 0.5) is 5.69 Å². The van der Waals surface area contributed by atoms with Gasteiger partial charge in [0.25, 0.3) is 0 Å². The van der Waals surface area contributed by atoms with Crippen molar-refractivity contribution in [3.8, 4) is 5.75 Å². The summed E-state index contributed by atoms with van der Waals surface area (Å²) < 4.78 is 61.9. The average Bonchev–Trinajstić information content (AvgIpc) is 3.13. The normalized spacial score (nSPS) is 29.6. The lowest BCUT2D eigenvalue weighted by Crippen LogP contribution is -2.46. The first-order valence-electron chi connectivity index (χ1n) is 16.1. The maximum absolute atomic E-state index is 7.37. The molecule has 6 aliphatic heterocycles. The van der Waals surface area contributed by atoms with Gasteiger partial charge in [-0.05, 0) is 18.2 Å². The number of hydrogen-bond acceptors (Lipinski definition) is 13. The largest absolute Gasteiger partial charge is 0.426 e. The number of morpholine rings is 4. The first-order chi connectivity index (χ1) is 22.2. The zero-order chi connectivity index (χ0) is 30.2. The van der Waals surface area contributed by atoms with Gasteiger partial charge in [0.1, 0.15) is 5.75 Å². The first kappa shape index (κ1) is 30.7. The van der Waals surface area contributed by atoms with Gasteiger partial charge in [-0.3, -0.25) is 4.67 Å². The first-order valence-corrected chi connectivity index (χ1v) is 20.8. The Kier molecular flexibility index (Phi) is 8.97. The molecule has 0 bridgehead atoms. The Hall–Kier alpha value is -1.59. The van der Waals surface area contributed by atoms with E-state index in [1.54, 1.807) is 0 Å². The summed E-state index contributed by atoms with van der Waals surface area (Å²) in [6, 6.07) is 19.0. The van der Waals surface area contributed by atoms with Crippen LogP contribution < -0.4 is 9.19 Å². The number of fused-ring (bicyclic) bond motifs is 1. The van der Waals surface area contributed by atoms with Crippen LogP contribution in [0.15, 0.2) is 68.1 Å². The number of nitrogens with zero attached hydrogens (tertiary/aromatic N) is 8. The summed E-state index contributed by atoms with van der Waals surface area (Å²) in [5.41, 5.74) is 2.21. The van der Waals surface area contributed by atoms with Crippen LogP contribution in [0.3, 0.4) is 0 Å². The van der Waals surface area contributed by atoms with Gasteiger partial charge in [-0.15, -0.1) is 0 Å². The van der Waals surface area contributed by atoms with Gasteiger partial charge in [0, 0.05) is 63.6 Å². The van der Waals surface area contributed by atoms with Crippen molar-refractivity contribution in [1.29, 1.82) is 0 Å². The van der Waals surface area contributed by atoms with Gasteiger partial charge in [-0.1, -0.05) is 36.4 Å². The molecular weight excluding hydrogens is 633 g/mol. The minimum absolute atomic E-state index is 0.659. The van der Waals surface area contributed by atoms with E-state index >= 15 is 0 Å². The van der Waals surface area contributed by atoms with E-state index in [1.807, 2.05) is 0 Å². The topological polar surface area (TPSA) is 99.4 Å². The third kappa shape index (κ3) is 5.68. The molecule has 45 heavy (non-hydrogen) atoms. The van der Waals surface area contributed by atoms with Crippen LogP contribution in [-0.4, -0.2) is 124 Å². The van der Waals surface area contributed by atoms with Crippen molar-refractivity contribution in [3.05, 3.63) is 60.2 Å². The van der Waals surface area contributed by atoms with Gasteiger partial charge >= 0.3 is 7.58 Å². The predicted octanol–water partition coefficient (Wildman–Crippen LogP) is 5.27. The minimum Gasteiger partial charge on any atom is -0.426 e. The van der Waals surface area contributed by atoms with Crippen molar-refractivity contribution < 1.29 is 23.5 Å². The van der Waals surface area contributed by atoms with E-state index in [2.05, 4.69) is 77.9 Å². The van der Waals surface area contributed by atoms with Crippen molar-refractivity contribution in [1.82, 2.24) is 18.7 Å². The minimum atomic E-state index is -3.10. The maximum atomic E-state index is 7.37. The molecule has 8 rings (SSSR count). The van der Waals surface area contributed by atoms with Crippen LogP contribution in [0.2, 0.25) is 0 Å². The molecule has 244 valence electrons. The van der Waals surface area contributed by atoms with Crippen molar-refractivity contribution in [2.45, 2.75) is 6.54 Å². The Morgan fingerprint density at radius 2 is 0.933 bits per heavy atom. The number of benzene rings is 2. The van der Waals surface area contributed by atoms with Gasteiger partial charge in [0.05, 0.1) is 59.4 Å². The Morgan fingerprint density at radius 1 is 0.489 bits per heavy atom. The highest BCUT2D eigenvalue weighted by atomic mass is 31.3. The number of ether oxygens (including phenoxy) is 4. The molecule has 0 saturated carbocycles. The van der Waals surface area contributed by atoms with E-state index in [9.17, 15) is 0 Å². The van der Waals surface area contributed by atoms with Gasteiger partial charge in [0.2, 0.25) is 15.0 Å². The zero-order valence-electron chi connectivity index (χ0n) is 25.7. The van der Waals surface area contributed by atoms with Crippen LogP contribution in [0.25, 0.3) is 0 Å². The van der Waals surface area contributed by atoms with Crippen molar-refractivity contribution >= 4 is 28.3 Å². The molecule has 2 aromatic carbocycles. The van der Waals surface area contributed by atoms with Gasteiger partial charge < -0.3 is 23.5 Å². The second-order valence-electron chi connectivity index (χ2n) is 11.7. The molecule has 0 N–H and O–H groups in total. The van der Waals surface area contributed by atoms with Gasteiger partial charge in [-0.25, -0.2) is 18.7 Å². The van der Waals surface area contributed by atoms with E-state index in [0.717, 1.165) is 69.4 Å². The van der Waals surface area contributed by atoms with Gasteiger partial charge in [0.15, 0.2) is 0 Å². The molecule has 13 nitrogen and oxygen atoms in total. The summed E-state index contributed by atoms with van der Waals surface area (Å²) in [6.07, 6.45) is 0. The van der Waals surface area contributed by atoms with E-state index in [1.165, 1.54) is 0 Å². The van der Waals surface area contributed by atoms with Gasteiger partial charge in [-0.2, -0.15) is 13.5 Å². The molecule has 4 fully saturated rings. The summed E-state index contributed by atoms with van der Waals surface area (Å²) in [5.74, 6) is 0.872. The van der Waals surface area contributed by atoms with Crippen molar-refractivity contribution in [2.24, 2.45) is 13.5 Å². The number of para-hydroxylation sites is 2. The molecule has 1 atom stereocenters. The highest BCUT2D eigenvalue weighted by Gasteiger charge is 2.53. The van der Waals surface area contributed by atoms with Crippen molar-refractivity contribution in [3.63, 3.8) is 0 Å². The highest BCUT2D eigenvalue weighted by molar-refractivity contribution is 7.83. The average molecular weight is 677 g/mol. The maximum Gasteiger partial charge on any atom is 0.361 e. The Balaban J connectivity index is 1.46. The molecule has 4 saturated heterocycles. The fraction of sp³-hybridized carbons (Fsp3) is 0.586. The van der Waals surface area contributed by atoms with E-state index < -0.39 is 22.6 Å². The lowest BCUT2D eigenvalue weighted by molar-refractivity contribution is 0.0547. The lowest BCUT2D eigenvalue weighted by Gasteiger charge is -2.53. The fourth-order valence-corrected chi connectivity index (χ4v) is 21.5. The monoisotopic (exact) mass is 676 g/mol. The third-order valence-corrected chi connectivity index (χ3v) is 20.8. The fourth-order valence-electron chi connectivity index (χ4n) is 6.76. The Bertz CT molecular complexity index is 1440. The molecule has 6 aliphatic rings. The summed E-state index contributed by atoms with van der Waals surface area (Å²) in [6.45, 7) is 12.1. The molecule has 1 unspecified atom stereocenters. The summed E-state index contributed by atoms with van der Waals surface area (Å²) in [4.78, 5) is 0. The van der Waals surface area contributed by atoms with Crippen LogP contribution in [0, 0.1) is 0 Å². The Morgan fingerprint density at radius 3 is 1.44 bits per heavy atom. The molecule has 2 aromatic rings. The summed E-state index contributed by atoms with van der Waals surface area (Å²) >= 11 is 0. The van der Waals surface area contributed by atoms with E-state index in [-0.39, 0.29) is 0 Å². The van der Waals surface area contributed by atoms with Crippen LogP contribution >= 0.6 is 22.6 Å². The predicted molar refractivity (Wildman–Crippen MR) is 177 cm³/mol. The van der Waals surface area contributed by atoms with Crippen molar-refractivity contribution in [2.75, 3.05) is 110 Å². The molecule has 1 spiro atoms. The standard InChI is InChI=1S/C29H43N8O5P3/c1-2-7-28(8-3-1)37-26-27-6-4-5-9-29(27)42-45(37)31-43(33-10-18-38-19-11-33,34-12-20-39-21-13-34)30-44(32-45,35-14-22-40-23-15-35)36-16-24-41-25-17-36/h1-9H,10-26H2. The quantitative estimate of drug-likeness (QED) is 0.390. The summed E-state index contributed by atoms with van der Waals surface area (Å²) in [7, 11) is -8.64. The molecule has 0 amide bonds.